The van der Waals surface area contributed by atoms with Crippen LogP contribution in [-0.2, 0) is 23.9 Å². The maximum atomic E-state index is 12.5. The summed E-state index contributed by atoms with van der Waals surface area (Å²) in [4.78, 5) is 36.3. The first-order valence-electron chi connectivity index (χ1n) is 8.55. The Hall–Kier alpha value is -2.67. The number of hydrogen-bond acceptors (Lipinski definition) is 6. The Kier molecular flexibility index (Phi) is 5.75. The summed E-state index contributed by atoms with van der Waals surface area (Å²) in [5.41, 5.74) is -0.766. The lowest BCUT2D eigenvalue weighted by Gasteiger charge is -2.48. The maximum Gasteiger partial charge on any atom is 0.333 e. The van der Waals surface area contributed by atoms with Crippen LogP contribution in [0.3, 0.4) is 0 Å². The Morgan fingerprint density at radius 1 is 1.37 bits per heavy atom. The number of carbonyl (C=O) groups excluding carboxylic acids is 2. The van der Waals surface area contributed by atoms with Gasteiger partial charge in [-0.2, -0.15) is 0 Å². The molecule has 1 aliphatic carbocycles. The molecule has 1 aliphatic heterocycles. The van der Waals surface area contributed by atoms with E-state index in [-0.39, 0.29) is 12.0 Å². The summed E-state index contributed by atoms with van der Waals surface area (Å²) in [6.07, 6.45) is 1.83. The van der Waals surface area contributed by atoms with Crippen LogP contribution in [0.25, 0.3) is 0 Å². The van der Waals surface area contributed by atoms with E-state index in [0.717, 1.165) is 0 Å². The fourth-order valence-electron chi connectivity index (χ4n) is 3.86. The molecule has 1 heterocycles. The lowest BCUT2D eigenvalue weighted by atomic mass is 9.58. The molecule has 2 aliphatic rings. The van der Waals surface area contributed by atoms with E-state index in [1.54, 1.807) is 26.8 Å². The van der Waals surface area contributed by atoms with Gasteiger partial charge in [0.05, 0.1) is 18.3 Å². The van der Waals surface area contributed by atoms with E-state index >= 15 is 0 Å². The van der Waals surface area contributed by atoms with Gasteiger partial charge in [-0.1, -0.05) is 24.8 Å². The number of esters is 2. The molecular weight excluding hydrogens is 352 g/mol. The highest BCUT2D eigenvalue weighted by Gasteiger charge is 2.60. The fourth-order valence-corrected chi connectivity index (χ4v) is 3.86. The lowest BCUT2D eigenvalue weighted by Crippen LogP contribution is -2.56. The van der Waals surface area contributed by atoms with Gasteiger partial charge in [0.2, 0.25) is 0 Å². The number of hydrogen-bond donors (Lipinski definition) is 2. The van der Waals surface area contributed by atoms with Gasteiger partial charge in [-0.15, -0.1) is 0 Å². The van der Waals surface area contributed by atoms with Gasteiger partial charge >= 0.3 is 17.9 Å². The summed E-state index contributed by atoms with van der Waals surface area (Å²) in [5, 5.41) is 20.4. The number of carboxylic acid groups (broad SMARTS) is 1. The highest BCUT2D eigenvalue weighted by Crippen LogP contribution is 2.52. The second kappa shape index (κ2) is 7.52. The van der Waals surface area contributed by atoms with E-state index in [4.69, 9.17) is 9.47 Å². The van der Waals surface area contributed by atoms with Crippen molar-refractivity contribution >= 4 is 17.9 Å². The van der Waals surface area contributed by atoms with E-state index in [0.29, 0.717) is 11.1 Å². The molecule has 0 aromatic carbocycles. The molecule has 0 aromatic rings. The zero-order valence-corrected chi connectivity index (χ0v) is 15.6. The van der Waals surface area contributed by atoms with Crippen molar-refractivity contribution in [2.75, 3.05) is 0 Å². The van der Waals surface area contributed by atoms with E-state index < -0.39 is 47.4 Å². The van der Waals surface area contributed by atoms with Crippen molar-refractivity contribution in [2.24, 2.45) is 17.3 Å². The van der Waals surface area contributed by atoms with Crippen molar-refractivity contribution in [1.29, 1.82) is 0 Å². The van der Waals surface area contributed by atoms with Gasteiger partial charge < -0.3 is 19.7 Å². The molecule has 2 N–H and O–H groups in total. The molecule has 2 rings (SSSR count). The first-order valence-corrected chi connectivity index (χ1v) is 8.55. The van der Waals surface area contributed by atoms with Crippen LogP contribution in [-0.4, -0.2) is 40.3 Å². The molecule has 7 nitrogen and oxygen atoms in total. The molecule has 0 radical (unpaired) electrons. The van der Waals surface area contributed by atoms with Gasteiger partial charge in [0, 0.05) is 23.5 Å². The summed E-state index contributed by atoms with van der Waals surface area (Å²) in [6.45, 7) is 12.3. The van der Waals surface area contributed by atoms with Crippen molar-refractivity contribution in [2.45, 2.75) is 39.4 Å². The molecule has 0 amide bonds. The van der Waals surface area contributed by atoms with E-state index in [2.05, 4.69) is 13.2 Å². The minimum absolute atomic E-state index is 0.0450. The highest BCUT2D eigenvalue weighted by molar-refractivity contribution is 5.89. The number of aliphatic carboxylic acids is 1. The van der Waals surface area contributed by atoms with Gasteiger partial charge in [-0.05, 0) is 26.8 Å². The number of carbonyl (C=O) groups is 3. The van der Waals surface area contributed by atoms with Gasteiger partial charge in [0.1, 0.15) is 11.5 Å². The number of carboxylic acids is 1. The Balaban J connectivity index is 2.54. The van der Waals surface area contributed by atoms with E-state index in [9.17, 15) is 24.6 Å². The summed E-state index contributed by atoms with van der Waals surface area (Å²) >= 11 is 0. The van der Waals surface area contributed by atoms with Crippen LogP contribution in [0, 0.1) is 17.3 Å². The molecule has 146 valence electrons. The standard InChI is InChI=1S/C20H24O7/c1-6-11(4)18(24)27-13-9-20(7-8-26-19(20)25)15(10(2)3)16(21)14(13)12(5)17(22)23/h6-8,13-16,21H,2,5,9H2,1,3-4H3,(H,22,23)/b11-6-/t13-,14+,15+,16-,20-/m0/s1. The van der Waals surface area contributed by atoms with Crippen LogP contribution < -0.4 is 0 Å². The SMILES string of the molecule is C=C(C(=O)O)[C@H]1[C@H](O)[C@@H](C(=C)C)[C@]2(C=COC2=O)C[C@@H]1OC(=O)/C(C)=C\C. The smallest absolute Gasteiger partial charge is 0.333 e. The highest BCUT2D eigenvalue weighted by atomic mass is 16.5. The Bertz CT molecular complexity index is 760. The Labute approximate surface area is 157 Å². The van der Waals surface area contributed by atoms with Gasteiger partial charge in [0.15, 0.2) is 0 Å². The number of cyclic esters (lactones) is 1. The average molecular weight is 376 g/mol. The number of aliphatic hydroxyl groups is 1. The number of ether oxygens (including phenoxy) is 2. The zero-order valence-electron chi connectivity index (χ0n) is 15.6. The molecule has 1 saturated carbocycles. The molecule has 1 spiro atoms. The van der Waals surface area contributed by atoms with Crippen LogP contribution in [0.4, 0.5) is 0 Å². The molecule has 0 bridgehead atoms. The quantitative estimate of drug-likeness (QED) is 0.430. The van der Waals surface area contributed by atoms with Crippen LogP contribution >= 0.6 is 0 Å². The predicted octanol–water partition coefficient (Wildman–Crippen LogP) is 2.14. The van der Waals surface area contributed by atoms with Crippen molar-refractivity contribution in [3.05, 3.63) is 48.3 Å². The first kappa shape index (κ1) is 20.6. The van der Waals surface area contributed by atoms with Crippen LogP contribution in [0.5, 0.6) is 0 Å². The van der Waals surface area contributed by atoms with Gasteiger partial charge in [-0.3, -0.25) is 4.79 Å². The second-order valence-electron chi connectivity index (χ2n) is 7.04. The Morgan fingerprint density at radius 3 is 2.44 bits per heavy atom. The first-order chi connectivity index (χ1) is 12.6. The number of allylic oxidation sites excluding steroid dienone is 1. The van der Waals surface area contributed by atoms with Crippen molar-refractivity contribution in [3.63, 3.8) is 0 Å². The van der Waals surface area contributed by atoms with E-state index in [1.807, 2.05) is 0 Å². The molecule has 27 heavy (non-hydrogen) atoms. The minimum Gasteiger partial charge on any atom is -0.478 e. The fraction of sp³-hybridized carbons (Fsp3) is 0.450. The number of aliphatic hydroxyl groups excluding tert-OH is 1. The molecule has 1 fully saturated rings. The van der Waals surface area contributed by atoms with Crippen LogP contribution in [0.15, 0.2) is 48.3 Å². The zero-order chi connectivity index (χ0) is 20.5. The average Bonchev–Trinajstić information content (AvgIpc) is 2.93. The van der Waals surface area contributed by atoms with Gasteiger partial charge in [-0.25, -0.2) is 9.59 Å². The molecule has 7 heteroatoms. The summed E-state index contributed by atoms with van der Waals surface area (Å²) in [7, 11) is 0. The maximum absolute atomic E-state index is 12.5. The van der Waals surface area contributed by atoms with Gasteiger partial charge in [0.25, 0.3) is 0 Å². The second-order valence-corrected chi connectivity index (χ2v) is 7.04. The van der Waals surface area contributed by atoms with Crippen molar-refractivity contribution in [3.8, 4) is 0 Å². The van der Waals surface area contributed by atoms with Crippen LogP contribution in [0.2, 0.25) is 0 Å². The summed E-state index contributed by atoms with van der Waals surface area (Å²) < 4.78 is 10.5. The monoisotopic (exact) mass is 376 g/mol. The molecule has 5 atom stereocenters. The summed E-state index contributed by atoms with van der Waals surface area (Å²) in [6, 6.07) is 0. The van der Waals surface area contributed by atoms with Crippen molar-refractivity contribution < 1.29 is 34.1 Å². The predicted molar refractivity (Wildman–Crippen MR) is 96.2 cm³/mol. The third kappa shape index (κ3) is 3.47. The molecule has 0 saturated heterocycles. The number of rotatable bonds is 5. The third-order valence-electron chi connectivity index (χ3n) is 5.35. The molecular formula is C20H24O7. The van der Waals surface area contributed by atoms with Crippen LogP contribution in [0.1, 0.15) is 27.2 Å². The van der Waals surface area contributed by atoms with Crippen molar-refractivity contribution in [1.82, 2.24) is 0 Å². The Morgan fingerprint density at radius 2 is 2.00 bits per heavy atom. The topological polar surface area (TPSA) is 110 Å². The third-order valence-corrected chi connectivity index (χ3v) is 5.35. The van der Waals surface area contributed by atoms with E-state index in [1.165, 1.54) is 12.3 Å². The normalized spacial score (nSPS) is 32.9. The minimum atomic E-state index is -1.35. The lowest BCUT2D eigenvalue weighted by molar-refractivity contribution is -0.171. The summed E-state index contributed by atoms with van der Waals surface area (Å²) in [5.74, 6) is -4.47. The molecule has 0 aromatic heterocycles. The molecule has 0 unspecified atom stereocenters. The largest absolute Gasteiger partial charge is 0.478 e.